The van der Waals surface area contributed by atoms with E-state index in [1.807, 2.05) is 48.5 Å². The third-order valence-electron chi connectivity index (χ3n) is 4.13. The lowest BCUT2D eigenvalue weighted by Crippen LogP contribution is -2.09. The summed E-state index contributed by atoms with van der Waals surface area (Å²) in [4.78, 5) is 3.08. The summed E-state index contributed by atoms with van der Waals surface area (Å²) in [5.41, 5.74) is 3.59. The highest BCUT2D eigenvalue weighted by Gasteiger charge is 2.17. The molecule has 1 aromatic heterocycles. The molecule has 0 amide bonds. The first kappa shape index (κ1) is 17.2. The maximum absolute atomic E-state index is 11.2. The SMILES string of the molecule is CS(=O)(=O)OCCC(c1ccccc1)c1ccc2[nH]cc(C#N)c2c1. The molecule has 6 heteroatoms. The number of aromatic nitrogens is 1. The highest BCUT2D eigenvalue weighted by Crippen LogP contribution is 2.31. The van der Waals surface area contributed by atoms with E-state index in [4.69, 9.17) is 4.18 Å². The molecule has 0 aliphatic heterocycles. The fourth-order valence-electron chi connectivity index (χ4n) is 2.98. The van der Waals surface area contributed by atoms with Crippen LogP contribution in [0.1, 0.15) is 29.0 Å². The van der Waals surface area contributed by atoms with Crippen LogP contribution in [0.25, 0.3) is 10.9 Å². The van der Waals surface area contributed by atoms with Gasteiger partial charge >= 0.3 is 0 Å². The largest absolute Gasteiger partial charge is 0.360 e. The van der Waals surface area contributed by atoms with Crippen molar-refractivity contribution in [2.24, 2.45) is 0 Å². The Labute approximate surface area is 147 Å². The van der Waals surface area contributed by atoms with E-state index in [9.17, 15) is 13.7 Å². The van der Waals surface area contributed by atoms with Gasteiger partial charge in [0.15, 0.2) is 0 Å². The van der Waals surface area contributed by atoms with Crippen LogP contribution in [0, 0.1) is 11.3 Å². The molecular weight excluding hydrogens is 336 g/mol. The topological polar surface area (TPSA) is 83.0 Å². The lowest BCUT2D eigenvalue weighted by molar-refractivity contribution is 0.309. The molecule has 0 bridgehead atoms. The van der Waals surface area contributed by atoms with Gasteiger partial charge in [0.25, 0.3) is 10.1 Å². The molecule has 0 radical (unpaired) electrons. The van der Waals surface area contributed by atoms with Gasteiger partial charge in [-0.15, -0.1) is 0 Å². The third kappa shape index (κ3) is 4.08. The van der Waals surface area contributed by atoms with Crippen molar-refractivity contribution in [1.82, 2.24) is 4.98 Å². The summed E-state index contributed by atoms with van der Waals surface area (Å²) in [5.74, 6) is -0.0196. The van der Waals surface area contributed by atoms with Crippen LogP contribution in [0.15, 0.2) is 54.7 Å². The highest BCUT2D eigenvalue weighted by molar-refractivity contribution is 7.85. The van der Waals surface area contributed by atoms with Crippen LogP contribution in [0.3, 0.4) is 0 Å². The second kappa shape index (κ2) is 7.09. The number of rotatable bonds is 6. The Morgan fingerprint density at radius 3 is 2.60 bits per heavy atom. The van der Waals surface area contributed by atoms with Crippen molar-refractivity contribution in [3.8, 4) is 6.07 Å². The Balaban J connectivity index is 1.97. The molecule has 3 aromatic rings. The molecule has 2 aromatic carbocycles. The molecular formula is C19H18N2O3S. The Morgan fingerprint density at radius 1 is 1.16 bits per heavy atom. The second-order valence-corrected chi connectivity index (χ2v) is 7.54. The Morgan fingerprint density at radius 2 is 1.92 bits per heavy atom. The lowest BCUT2D eigenvalue weighted by Gasteiger charge is -2.18. The molecule has 1 unspecified atom stereocenters. The summed E-state index contributed by atoms with van der Waals surface area (Å²) >= 11 is 0. The highest BCUT2D eigenvalue weighted by atomic mass is 32.2. The Kier molecular flexibility index (Phi) is 4.88. The summed E-state index contributed by atoms with van der Waals surface area (Å²) in [5, 5.41) is 10.1. The number of nitrogens with zero attached hydrogens (tertiary/aromatic N) is 1. The predicted molar refractivity (Wildman–Crippen MR) is 96.7 cm³/mol. The molecule has 5 nitrogen and oxygen atoms in total. The molecule has 0 saturated heterocycles. The normalized spacial score (nSPS) is 12.8. The van der Waals surface area contributed by atoms with Crippen LogP contribution >= 0.6 is 0 Å². The third-order valence-corrected chi connectivity index (χ3v) is 4.73. The number of aromatic amines is 1. The standard InChI is InChI=1S/C19H18N2O3S/c1-25(22,23)24-10-9-17(14-5-3-2-4-6-14)15-7-8-19-18(11-15)16(12-20)13-21-19/h2-8,11,13,17,21H,9-10H2,1H3. The van der Waals surface area contributed by atoms with E-state index in [1.54, 1.807) is 6.20 Å². The summed E-state index contributed by atoms with van der Waals surface area (Å²) in [6, 6.07) is 18.0. The van der Waals surface area contributed by atoms with Crippen LogP contribution in [0.4, 0.5) is 0 Å². The number of nitrogens with one attached hydrogen (secondary N) is 1. The van der Waals surface area contributed by atoms with Crippen LogP contribution in [-0.2, 0) is 14.3 Å². The van der Waals surface area contributed by atoms with E-state index < -0.39 is 10.1 Å². The van der Waals surface area contributed by atoms with E-state index >= 15 is 0 Å². The first-order chi connectivity index (χ1) is 12.0. The van der Waals surface area contributed by atoms with Crippen LogP contribution in [0.5, 0.6) is 0 Å². The van der Waals surface area contributed by atoms with E-state index in [2.05, 4.69) is 11.1 Å². The minimum atomic E-state index is -3.47. The number of nitriles is 1. The van der Waals surface area contributed by atoms with Gasteiger partial charge in [-0.25, -0.2) is 0 Å². The Bertz CT molecular complexity index is 1020. The maximum Gasteiger partial charge on any atom is 0.264 e. The van der Waals surface area contributed by atoms with Crippen molar-refractivity contribution in [2.75, 3.05) is 12.9 Å². The van der Waals surface area contributed by atoms with Crippen molar-refractivity contribution in [3.63, 3.8) is 0 Å². The van der Waals surface area contributed by atoms with Crippen molar-refractivity contribution in [2.45, 2.75) is 12.3 Å². The van der Waals surface area contributed by atoms with Crippen molar-refractivity contribution >= 4 is 21.0 Å². The molecule has 128 valence electrons. The van der Waals surface area contributed by atoms with Gasteiger partial charge in [0.1, 0.15) is 6.07 Å². The van der Waals surface area contributed by atoms with E-state index in [-0.39, 0.29) is 12.5 Å². The minimum absolute atomic E-state index is 0.0196. The maximum atomic E-state index is 11.2. The van der Waals surface area contributed by atoms with E-state index in [0.717, 1.165) is 28.3 Å². The monoisotopic (exact) mass is 354 g/mol. The smallest absolute Gasteiger partial charge is 0.264 e. The van der Waals surface area contributed by atoms with Crippen molar-refractivity contribution in [1.29, 1.82) is 5.26 Å². The zero-order valence-electron chi connectivity index (χ0n) is 13.8. The van der Waals surface area contributed by atoms with Gasteiger partial charge < -0.3 is 4.98 Å². The molecule has 1 heterocycles. The zero-order valence-corrected chi connectivity index (χ0v) is 14.6. The second-order valence-electron chi connectivity index (χ2n) is 5.90. The minimum Gasteiger partial charge on any atom is -0.360 e. The summed E-state index contributed by atoms with van der Waals surface area (Å²) in [6.45, 7) is 0.106. The molecule has 0 aliphatic rings. The van der Waals surface area contributed by atoms with Gasteiger partial charge in [0.05, 0.1) is 18.4 Å². The van der Waals surface area contributed by atoms with Crippen LogP contribution in [0.2, 0.25) is 0 Å². The molecule has 3 rings (SSSR count). The number of hydrogen-bond donors (Lipinski definition) is 1. The molecule has 0 saturated carbocycles. The molecule has 0 aliphatic carbocycles. The van der Waals surface area contributed by atoms with Gasteiger partial charge in [-0.1, -0.05) is 36.4 Å². The van der Waals surface area contributed by atoms with Gasteiger partial charge in [-0.05, 0) is 29.7 Å². The number of H-pyrrole nitrogens is 1. The summed E-state index contributed by atoms with van der Waals surface area (Å²) < 4.78 is 27.4. The van der Waals surface area contributed by atoms with Crippen LogP contribution in [-0.4, -0.2) is 26.3 Å². The fourth-order valence-corrected chi connectivity index (χ4v) is 3.37. The molecule has 1 atom stereocenters. The zero-order chi connectivity index (χ0) is 17.9. The average molecular weight is 354 g/mol. The van der Waals surface area contributed by atoms with E-state index in [0.29, 0.717) is 12.0 Å². The fraction of sp³-hybridized carbons (Fsp3) is 0.211. The number of benzene rings is 2. The van der Waals surface area contributed by atoms with Crippen molar-refractivity contribution < 1.29 is 12.6 Å². The number of hydrogen-bond acceptors (Lipinski definition) is 4. The Hall–Kier alpha value is -2.62. The first-order valence-corrected chi connectivity index (χ1v) is 9.70. The first-order valence-electron chi connectivity index (χ1n) is 7.88. The molecule has 0 spiro atoms. The quantitative estimate of drug-likeness (QED) is 0.686. The predicted octanol–water partition coefficient (Wildman–Crippen LogP) is 3.54. The van der Waals surface area contributed by atoms with Gasteiger partial charge in [-0.3, -0.25) is 4.18 Å². The van der Waals surface area contributed by atoms with Crippen molar-refractivity contribution in [3.05, 3.63) is 71.4 Å². The van der Waals surface area contributed by atoms with Gasteiger partial charge in [0.2, 0.25) is 0 Å². The summed E-state index contributed by atoms with van der Waals surface area (Å²) in [7, 11) is -3.47. The molecule has 1 N–H and O–H groups in total. The number of fused-ring (bicyclic) bond motifs is 1. The molecule has 0 fully saturated rings. The summed E-state index contributed by atoms with van der Waals surface area (Å²) in [6.07, 6.45) is 3.27. The molecule has 25 heavy (non-hydrogen) atoms. The van der Waals surface area contributed by atoms with Gasteiger partial charge in [0, 0.05) is 23.0 Å². The van der Waals surface area contributed by atoms with Crippen LogP contribution < -0.4 is 0 Å². The van der Waals surface area contributed by atoms with Gasteiger partial charge in [-0.2, -0.15) is 13.7 Å². The average Bonchev–Trinajstić information content (AvgIpc) is 3.01. The van der Waals surface area contributed by atoms with E-state index in [1.165, 1.54) is 0 Å². The lowest BCUT2D eigenvalue weighted by atomic mass is 9.88.